The van der Waals surface area contributed by atoms with Gasteiger partial charge in [0.15, 0.2) is 0 Å². The zero-order chi connectivity index (χ0) is 15.0. The van der Waals surface area contributed by atoms with Crippen molar-refractivity contribution in [3.63, 3.8) is 0 Å². The second kappa shape index (κ2) is 5.91. The fourth-order valence-corrected chi connectivity index (χ4v) is 3.86. The Labute approximate surface area is 132 Å². The fourth-order valence-electron chi connectivity index (χ4n) is 3.71. The Morgan fingerprint density at radius 2 is 2.00 bits per heavy atom. The molecule has 0 spiro atoms. The van der Waals surface area contributed by atoms with E-state index in [0.29, 0.717) is 11.0 Å². The molecule has 0 unspecified atom stereocenters. The molecule has 1 fully saturated rings. The lowest BCUT2D eigenvalue weighted by atomic mass is 9.86. The Balaban J connectivity index is 1.91. The quantitative estimate of drug-likeness (QED) is 0.871. The molecule has 2 aliphatic rings. The molecular formula is C17H25N3S. The van der Waals surface area contributed by atoms with Crippen LogP contribution in [0.2, 0.25) is 0 Å². The second-order valence-corrected chi connectivity index (χ2v) is 7.15. The van der Waals surface area contributed by atoms with Gasteiger partial charge in [-0.05, 0) is 62.5 Å². The maximum Gasteiger partial charge on any atom is 0.139 e. The van der Waals surface area contributed by atoms with Crippen LogP contribution in [0.25, 0.3) is 0 Å². The summed E-state index contributed by atoms with van der Waals surface area (Å²) in [5, 5.41) is 0. The van der Waals surface area contributed by atoms with Crippen LogP contribution in [0.1, 0.15) is 55.8 Å². The average molecular weight is 303 g/mol. The van der Waals surface area contributed by atoms with Crippen molar-refractivity contribution in [1.29, 1.82) is 0 Å². The number of nitrogens with two attached hydrogens (primary N) is 1. The third-order valence-electron chi connectivity index (χ3n) is 5.16. The molecule has 1 saturated carbocycles. The molecule has 0 saturated heterocycles. The number of pyridine rings is 1. The molecule has 0 aliphatic heterocycles. The number of anilines is 1. The van der Waals surface area contributed by atoms with Crippen molar-refractivity contribution in [2.24, 2.45) is 11.7 Å². The summed E-state index contributed by atoms with van der Waals surface area (Å²) in [4.78, 5) is 7.73. The molecule has 0 atom stereocenters. The van der Waals surface area contributed by atoms with Gasteiger partial charge >= 0.3 is 0 Å². The third kappa shape index (κ3) is 2.91. The van der Waals surface area contributed by atoms with Crippen LogP contribution in [0.4, 0.5) is 5.82 Å². The monoisotopic (exact) mass is 303 g/mol. The van der Waals surface area contributed by atoms with Crippen molar-refractivity contribution in [3.05, 3.63) is 22.9 Å². The summed E-state index contributed by atoms with van der Waals surface area (Å²) in [5.74, 6) is 1.86. The molecule has 0 bridgehead atoms. The number of hydrogen-bond donors (Lipinski definition) is 1. The first-order valence-electron chi connectivity index (χ1n) is 8.11. The number of thiocarbonyl (C=S) groups is 1. The Morgan fingerprint density at radius 3 is 2.67 bits per heavy atom. The van der Waals surface area contributed by atoms with Crippen molar-refractivity contribution in [2.75, 3.05) is 11.9 Å². The summed E-state index contributed by atoms with van der Waals surface area (Å²) in [5.41, 5.74) is 9.52. The number of fused-ring (bicyclic) bond motifs is 1. The minimum Gasteiger partial charge on any atom is -0.389 e. The van der Waals surface area contributed by atoms with Crippen molar-refractivity contribution in [3.8, 4) is 0 Å². The third-order valence-corrected chi connectivity index (χ3v) is 5.38. The number of aryl methyl sites for hydroxylation is 2. The van der Waals surface area contributed by atoms with E-state index < -0.39 is 0 Å². The summed E-state index contributed by atoms with van der Waals surface area (Å²) >= 11 is 5.27. The molecule has 1 aromatic heterocycles. The van der Waals surface area contributed by atoms with Gasteiger partial charge in [0.05, 0.1) is 5.56 Å². The largest absolute Gasteiger partial charge is 0.389 e. The lowest BCUT2D eigenvalue weighted by molar-refractivity contribution is 0.340. The number of hydrogen-bond acceptors (Lipinski definition) is 3. The van der Waals surface area contributed by atoms with E-state index in [4.69, 9.17) is 22.9 Å². The zero-order valence-electron chi connectivity index (χ0n) is 13.1. The maximum absolute atomic E-state index is 5.96. The molecule has 2 aliphatic carbocycles. The van der Waals surface area contributed by atoms with Gasteiger partial charge in [-0.2, -0.15) is 0 Å². The number of rotatable bonds is 3. The second-order valence-electron chi connectivity index (χ2n) is 6.71. The predicted molar refractivity (Wildman–Crippen MR) is 92.0 cm³/mol. The van der Waals surface area contributed by atoms with Gasteiger partial charge in [0.1, 0.15) is 10.8 Å². The van der Waals surface area contributed by atoms with Crippen molar-refractivity contribution in [1.82, 2.24) is 4.98 Å². The molecule has 4 heteroatoms. The molecule has 21 heavy (non-hydrogen) atoms. The Morgan fingerprint density at radius 1 is 1.29 bits per heavy atom. The summed E-state index contributed by atoms with van der Waals surface area (Å²) < 4.78 is 0. The lowest BCUT2D eigenvalue weighted by Crippen LogP contribution is -2.37. The van der Waals surface area contributed by atoms with Gasteiger partial charge in [0.25, 0.3) is 0 Å². The van der Waals surface area contributed by atoms with Crippen molar-refractivity contribution >= 4 is 23.0 Å². The first-order valence-corrected chi connectivity index (χ1v) is 8.52. The molecular weight excluding hydrogens is 278 g/mol. The SMILES string of the molecule is CC1CCC(N(C)c2nc3c(cc2C(N)=S)CCC3)CC1. The number of aromatic nitrogens is 1. The topological polar surface area (TPSA) is 42.2 Å². The smallest absolute Gasteiger partial charge is 0.139 e. The van der Waals surface area contributed by atoms with E-state index in [1.165, 1.54) is 43.4 Å². The highest BCUT2D eigenvalue weighted by molar-refractivity contribution is 7.80. The molecule has 3 rings (SSSR count). The van der Waals surface area contributed by atoms with Crippen LogP contribution in [0.15, 0.2) is 6.07 Å². The van der Waals surface area contributed by atoms with E-state index in [9.17, 15) is 0 Å². The van der Waals surface area contributed by atoms with E-state index >= 15 is 0 Å². The van der Waals surface area contributed by atoms with Crippen LogP contribution in [0, 0.1) is 5.92 Å². The normalized spacial score (nSPS) is 24.7. The van der Waals surface area contributed by atoms with Crippen LogP contribution in [-0.4, -0.2) is 23.1 Å². The van der Waals surface area contributed by atoms with E-state index in [-0.39, 0.29) is 0 Å². The van der Waals surface area contributed by atoms with Crippen LogP contribution in [0.3, 0.4) is 0 Å². The first kappa shape index (κ1) is 14.8. The molecule has 3 nitrogen and oxygen atoms in total. The summed E-state index contributed by atoms with van der Waals surface area (Å²) in [6.07, 6.45) is 8.51. The lowest BCUT2D eigenvalue weighted by Gasteiger charge is -2.35. The van der Waals surface area contributed by atoms with Crippen LogP contribution >= 0.6 is 12.2 Å². The highest BCUT2D eigenvalue weighted by atomic mass is 32.1. The Bertz CT molecular complexity index is 547. The minimum atomic E-state index is 0.475. The molecule has 0 aromatic carbocycles. The van der Waals surface area contributed by atoms with Gasteiger partial charge < -0.3 is 10.6 Å². The van der Waals surface area contributed by atoms with Gasteiger partial charge in [-0.25, -0.2) is 4.98 Å². The van der Waals surface area contributed by atoms with Gasteiger partial charge in [-0.15, -0.1) is 0 Å². The Hall–Kier alpha value is -1.16. The molecule has 0 radical (unpaired) electrons. The summed E-state index contributed by atoms with van der Waals surface area (Å²) in [7, 11) is 2.16. The van der Waals surface area contributed by atoms with Gasteiger partial charge in [-0.1, -0.05) is 19.1 Å². The maximum atomic E-state index is 5.96. The highest BCUT2D eigenvalue weighted by Gasteiger charge is 2.26. The summed E-state index contributed by atoms with van der Waals surface area (Å²) in [6.45, 7) is 2.35. The molecule has 0 amide bonds. The standard InChI is InChI=1S/C17H25N3S/c1-11-6-8-13(9-7-11)20(2)17-14(16(18)21)10-12-4-3-5-15(12)19-17/h10-11,13H,3-9H2,1-2H3,(H2,18,21). The molecule has 2 N–H and O–H groups in total. The van der Waals surface area contributed by atoms with Crippen LogP contribution in [-0.2, 0) is 12.8 Å². The van der Waals surface area contributed by atoms with Gasteiger partial charge in [-0.3, -0.25) is 0 Å². The van der Waals surface area contributed by atoms with Crippen LogP contribution < -0.4 is 10.6 Å². The number of nitrogens with zero attached hydrogens (tertiary/aromatic N) is 2. The minimum absolute atomic E-state index is 0.475. The van der Waals surface area contributed by atoms with Crippen LogP contribution in [0.5, 0.6) is 0 Å². The average Bonchev–Trinajstić information content (AvgIpc) is 2.93. The molecule has 1 aromatic rings. The molecule has 114 valence electrons. The van der Waals surface area contributed by atoms with Gasteiger partial charge in [0, 0.05) is 18.8 Å². The zero-order valence-corrected chi connectivity index (χ0v) is 13.9. The Kier molecular flexibility index (Phi) is 4.16. The van der Waals surface area contributed by atoms with E-state index in [1.807, 2.05) is 0 Å². The van der Waals surface area contributed by atoms with Gasteiger partial charge in [0.2, 0.25) is 0 Å². The summed E-state index contributed by atoms with van der Waals surface area (Å²) in [6, 6.07) is 2.76. The first-order chi connectivity index (χ1) is 10.1. The fraction of sp³-hybridized carbons (Fsp3) is 0.647. The van der Waals surface area contributed by atoms with Crippen molar-refractivity contribution < 1.29 is 0 Å². The van der Waals surface area contributed by atoms with E-state index in [0.717, 1.165) is 30.1 Å². The highest BCUT2D eigenvalue weighted by Crippen LogP contribution is 2.32. The molecule has 1 heterocycles. The van der Waals surface area contributed by atoms with E-state index in [2.05, 4.69) is 24.9 Å². The predicted octanol–water partition coefficient (Wildman–Crippen LogP) is 3.22. The van der Waals surface area contributed by atoms with Crippen molar-refractivity contribution in [2.45, 2.75) is 57.9 Å². The van der Waals surface area contributed by atoms with E-state index in [1.54, 1.807) is 0 Å².